The summed E-state index contributed by atoms with van der Waals surface area (Å²) in [7, 11) is 1.22. The number of aromatic amines is 1. The minimum Gasteiger partial charge on any atom is -0.481 e. The van der Waals surface area contributed by atoms with Gasteiger partial charge in [0.05, 0.1) is 7.11 Å². The molecule has 1 amide bonds. The van der Waals surface area contributed by atoms with Crippen molar-refractivity contribution in [2.75, 3.05) is 7.11 Å². The van der Waals surface area contributed by atoms with Crippen LogP contribution in [0.1, 0.15) is 37.9 Å². The number of carbonyl (C=O) groups is 3. The zero-order chi connectivity index (χ0) is 15.8. The maximum atomic E-state index is 11.9. The number of carboxylic acids is 1. The second-order valence-electron chi connectivity index (χ2n) is 4.42. The summed E-state index contributed by atoms with van der Waals surface area (Å²) >= 11 is 0. The first kappa shape index (κ1) is 16.5. The fraction of sp³-hybridized carbons (Fsp3) is 0.636. The van der Waals surface area contributed by atoms with Crippen molar-refractivity contribution in [1.29, 1.82) is 0 Å². The summed E-state index contributed by atoms with van der Waals surface area (Å²) in [6, 6.07) is -0.784. The number of carboxylic acid groups (broad SMARTS) is 1. The fourth-order valence-electron chi connectivity index (χ4n) is 1.72. The van der Waals surface area contributed by atoms with Gasteiger partial charge < -0.3 is 15.2 Å². The van der Waals surface area contributed by atoms with Crippen molar-refractivity contribution in [1.82, 2.24) is 25.9 Å². The third kappa shape index (κ3) is 5.55. The zero-order valence-corrected chi connectivity index (χ0v) is 11.7. The van der Waals surface area contributed by atoms with Crippen molar-refractivity contribution in [2.45, 2.75) is 38.1 Å². The van der Waals surface area contributed by atoms with Crippen molar-refractivity contribution >= 4 is 17.8 Å². The van der Waals surface area contributed by atoms with E-state index in [1.165, 1.54) is 14.0 Å². The SMILES string of the molecule is COC(=O)[C@@H](C)NC(=O)CC(CCC(=O)O)c1nn[nH]n1. The van der Waals surface area contributed by atoms with E-state index >= 15 is 0 Å². The number of carbonyl (C=O) groups excluding carboxylic acids is 2. The van der Waals surface area contributed by atoms with Gasteiger partial charge in [0.2, 0.25) is 5.91 Å². The highest BCUT2D eigenvalue weighted by atomic mass is 16.5. The number of aliphatic carboxylic acids is 1. The Labute approximate surface area is 120 Å². The number of tetrazole rings is 1. The van der Waals surface area contributed by atoms with E-state index in [-0.39, 0.29) is 25.1 Å². The van der Waals surface area contributed by atoms with Crippen LogP contribution in [0.3, 0.4) is 0 Å². The van der Waals surface area contributed by atoms with E-state index in [0.717, 1.165) is 0 Å². The van der Waals surface area contributed by atoms with E-state index in [0.29, 0.717) is 0 Å². The van der Waals surface area contributed by atoms with Gasteiger partial charge in [-0.1, -0.05) is 5.21 Å². The Morgan fingerprint density at radius 3 is 2.67 bits per heavy atom. The van der Waals surface area contributed by atoms with Crippen LogP contribution in [-0.4, -0.2) is 56.7 Å². The predicted octanol–water partition coefficient (Wildman–Crippen LogP) is -0.784. The lowest BCUT2D eigenvalue weighted by Crippen LogP contribution is -2.39. The highest BCUT2D eigenvalue weighted by Crippen LogP contribution is 2.21. The van der Waals surface area contributed by atoms with Gasteiger partial charge in [-0.15, -0.1) is 10.2 Å². The highest BCUT2D eigenvalue weighted by Gasteiger charge is 2.23. The molecular weight excluding hydrogens is 282 g/mol. The Morgan fingerprint density at radius 2 is 2.14 bits per heavy atom. The molecule has 3 N–H and O–H groups in total. The van der Waals surface area contributed by atoms with Gasteiger partial charge in [-0.05, 0) is 13.3 Å². The van der Waals surface area contributed by atoms with Crippen molar-refractivity contribution < 1.29 is 24.2 Å². The number of rotatable bonds is 8. The van der Waals surface area contributed by atoms with Gasteiger partial charge in [0, 0.05) is 18.8 Å². The van der Waals surface area contributed by atoms with Crippen LogP contribution in [0.4, 0.5) is 0 Å². The second-order valence-corrected chi connectivity index (χ2v) is 4.42. The molecule has 0 radical (unpaired) electrons. The number of esters is 1. The maximum Gasteiger partial charge on any atom is 0.328 e. The topological polar surface area (TPSA) is 147 Å². The molecule has 1 rings (SSSR count). The fourth-order valence-corrected chi connectivity index (χ4v) is 1.72. The maximum absolute atomic E-state index is 11.9. The summed E-state index contributed by atoms with van der Waals surface area (Å²) in [5, 5.41) is 24.4. The molecule has 0 bridgehead atoms. The molecule has 1 heterocycles. The summed E-state index contributed by atoms with van der Waals surface area (Å²) < 4.78 is 4.50. The number of ether oxygens (including phenoxy) is 1. The van der Waals surface area contributed by atoms with Gasteiger partial charge in [0.25, 0.3) is 0 Å². The van der Waals surface area contributed by atoms with Crippen LogP contribution in [0.2, 0.25) is 0 Å². The Balaban J connectivity index is 2.61. The van der Waals surface area contributed by atoms with Crippen molar-refractivity contribution in [3.8, 4) is 0 Å². The van der Waals surface area contributed by atoms with E-state index in [4.69, 9.17) is 5.11 Å². The summed E-state index contributed by atoms with van der Waals surface area (Å²) in [5.74, 6) is -2.20. The molecule has 21 heavy (non-hydrogen) atoms. The number of nitrogens with one attached hydrogen (secondary N) is 2. The van der Waals surface area contributed by atoms with Crippen LogP contribution in [0.15, 0.2) is 0 Å². The van der Waals surface area contributed by atoms with Gasteiger partial charge in [-0.2, -0.15) is 5.21 Å². The predicted molar refractivity (Wildman–Crippen MR) is 68.0 cm³/mol. The first-order valence-electron chi connectivity index (χ1n) is 6.26. The number of H-pyrrole nitrogens is 1. The van der Waals surface area contributed by atoms with Gasteiger partial charge in [-0.25, -0.2) is 4.79 Å². The summed E-state index contributed by atoms with van der Waals surface area (Å²) in [6.45, 7) is 1.49. The number of amides is 1. The number of hydrogen-bond donors (Lipinski definition) is 3. The Morgan fingerprint density at radius 1 is 1.43 bits per heavy atom. The molecule has 1 aromatic rings. The van der Waals surface area contributed by atoms with Crippen molar-refractivity contribution in [3.05, 3.63) is 5.82 Å². The molecule has 0 saturated heterocycles. The van der Waals surface area contributed by atoms with Gasteiger partial charge >= 0.3 is 11.9 Å². The van der Waals surface area contributed by atoms with Crippen molar-refractivity contribution in [2.24, 2.45) is 0 Å². The number of methoxy groups -OCH3 is 1. The number of nitrogens with zero attached hydrogens (tertiary/aromatic N) is 3. The Bertz CT molecular complexity index is 489. The second kappa shape index (κ2) is 7.92. The molecule has 10 heteroatoms. The first-order valence-corrected chi connectivity index (χ1v) is 6.26. The minimum absolute atomic E-state index is 0.0475. The smallest absolute Gasteiger partial charge is 0.328 e. The van der Waals surface area contributed by atoms with E-state index in [9.17, 15) is 14.4 Å². The quantitative estimate of drug-likeness (QED) is 0.529. The molecule has 2 atom stereocenters. The Hall–Kier alpha value is -2.52. The molecule has 0 aliphatic heterocycles. The average Bonchev–Trinajstić information content (AvgIpc) is 2.96. The third-order valence-electron chi connectivity index (χ3n) is 2.80. The van der Waals surface area contributed by atoms with Crippen molar-refractivity contribution in [3.63, 3.8) is 0 Å². The molecular formula is C11H17N5O5. The molecule has 0 aliphatic carbocycles. The van der Waals surface area contributed by atoms with Gasteiger partial charge in [-0.3, -0.25) is 9.59 Å². The van der Waals surface area contributed by atoms with Gasteiger partial charge in [0.15, 0.2) is 5.82 Å². The summed E-state index contributed by atoms with van der Waals surface area (Å²) in [4.78, 5) is 33.7. The molecule has 0 saturated carbocycles. The monoisotopic (exact) mass is 299 g/mol. The van der Waals surface area contributed by atoms with Gasteiger partial charge in [0.1, 0.15) is 6.04 Å². The van der Waals surface area contributed by atoms with Crippen LogP contribution >= 0.6 is 0 Å². The van der Waals surface area contributed by atoms with Crippen LogP contribution in [0.25, 0.3) is 0 Å². The zero-order valence-electron chi connectivity index (χ0n) is 11.7. The molecule has 0 spiro atoms. The third-order valence-corrected chi connectivity index (χ3v) is 2.80. The molecule has 0 fully saturated rings. The lowest BCUT2D eigenvalue weighted by Gasteiger charge is -2.15. The molecule has 1 aromatic heterocycles. The number of aromatic nitrogens is 4. The minimum atomic E-state index is -0.980. The highest BCUT2D eigenvalue weighted by molar-refractivity contribution is 5.84. The molecule has 0 aromatic carbocycles. The normalized spacial score (nSPS) is 13.2. The van der Waals surface area contributed by atoms with Crippen LogP contribution < -0.4 is 5.32 Å². The van der Waals surface area contributed by atoms with E-state index in [1.54, 1.807) is 0 Å². The average molecular weight is 299 g/mol. The molecule has 1 unspecified atom stereocenters. The standard InChI is InChI=1S/C11H17N5O5/c1-6(11(20)21-2)12-8(17)5-7(3-4-9(18)19)10-13-15-16-14-10/h6-7H,3-5H2,1-2H3,(H,12,17)(H,18,19)(H,13,14,15,16)/t6-,7?/m1/s1. The van der Waals surface area contributed by atoms with E-state index in [2.05, 4.69) is 30.7 Å². The van der Waals surface area contributed by atoms with Crippen LogP contribution in [0, 0.1) is 0 Å². The largest absolute Gasteiger partial charge is 0.481 e. The summed E-state index contributed by atoms with van der Waals surface area (Å²) in [6.07, 6.45) is 0.0160. The Kier molecular flexibility index (Phi) is 6.24. The summed E-state index contributed by atoms with van der Waals surface area (Å²) in [5.41, 5.74) is 0. The van der Waals surface area contributed by atoms with Crippen LogP contribution in [0.5, 0.6) is 0 Å². The van der Waals surface area contributed by atoms with E-state index < -0.39 is 29.8 Å². The first-order chi connectivity index (χ1) is 9.93. The molecule has 10 nitrogen and oxygen atoms in total. The number of hydrogen-bond acceptors (Lipinski definition) is 7. The lowest BCUT2D eigenvalue weighted by molar-refractivity contribution is -0.144. The van der Waals surface area contributed by atoms with Crippen LogP contribution in [-0.2, 0) is 19.1 Å². The van der Waals surface area contributed by atoms with E-state index in [1.807, 2.05) is 0 Å². The molecule has 0 aliphatic rings. The molecule has 116 valence electrons. The lowest BCUT2D eigenvalue weighted by atomic mass is 9.98.